The number of carboxylic acid groups (broad SMARTS) is 1. The van der Waals surface area contributed by atoms with Gasteiger partial charge in [-0.3, -0.25) is 4.79 Å². The standard InChI is InChI=1S/C10H10ClFO2/c1-6(10(13)14)5-7-8(11)3-2-4-9(7)12/h2-4,6H,5H2,1H3,(H,13,14)/t6-/m1/s1. The second-order valence-electron chi connectivity index (χ2n) is 3.14. The van der Waals surface area contributed by atoms with Gasteiger partial charge in [-0.15, -0.1) is 0 Å². The highest BCUT2D eigenvalue weighted by molar-refractivity contribution is 6.31. The fourth-order valence-electron chi connectivity index (χ4n) is 1.12. The van der Waals surface area contributed by atoms with Gasteiger partial charge in [-0.1, -0.05) is 24.6 Å². The zero-order valence-electron chi connectivity index (χ0n) is 7.63. The van der Waals surface area contributed by atoms with Crippen LogP contribution in [0.3, 0.4) is 0 Å². The number of rotatable bonds is 3. The molecule has 4 heteroatoms. The quantitative estimate of drug-likeness (QED) is 0.844. The summed E-state index contributed by atoms with van der Waals surface area (Å²) in [6.07, 6.45) is 0.112. The topological polar surface area (TPSA) is 37.3 Å². The predicted octanol–water partition coefficient (Wildman–Crippen LogP) is 2.74. The van der Waals surface area contributed by atoms with Crippen LogP contribution in [0.15, 0.2) is 18.2 Å². The molecule has 0 saturated heterocycles. The molecule has 0 radical (unpaired) electrons. The van der Waals surface area contributed by atoms with E-state index in [-0.39, 0.29) is 17.0 Å². The summed E-state index contributed by atoms with van der Waals surface area (Å²) in [6.45, 7) is 1.52. The van der Waals surface area contributed by atoms with E-state index in [4.69, 9.17) is 16.7 Å². The van der Waals surface area contributed by atoms with Crippen molar-refractivity contribution in [3.05, 3.63) is 34.6 Å². The summed E-state index contributed by atoms with van der Waals surface area (Å²) in [5.41, 5.74) is 0.268. The Hall–Kier alpha value is -1.09. The molecule has 1 N–H and O–H groups in total. The third kappa shape index (κ3) is 2.45. The van der Waals surface area contributed by atoms with Crippen molar-refractivity contribution in [3.8, 4) is 0 Å². The van der Waals surface area contributed by atoms with Gasteiger partial charge in [-0.2, -0.15) is 0 Å². The highest BCUT2D eigenvalue weighted by Crippen LogP contribution is 2.22. The Labute approximate surface area is 86.3 Å². The van der Waals surface area contributed by atoms with Crippen molar-refractivity contribution in [1.29, 1.82) is 0 Å². The second kappa shape index (κ2) is 4.42. The van der Waals surface area contributed by atoms with E-state index >= 15 is 0 Å². The van der Waals surface area contributed by atoms with Gasteiger partial charge >= 0.3 is 5.97 Å². The van der Waals surface area contributed by atoms with Gasteiger partial charge in [-0.25, -0.2) is 4.39 Å². The molecule has 0 aliphatic carbocycles. The maximum atomic E-state index is 13.2. The molecule has 0 amide bonds. The lowest BCUT2D eigenvalue weighted by Gasteiger charge is -2.08. The van der Waals surface area contributed by atoms with E-state index in [0.717, 1.165) is 0 Å². The van der Waals surface area contributed by atoms with Crippen LogP contribution in [0.1, 0.15) is 12.5 Å². The highest BCUT2D eigenvalue weighted by Gasteiger charge is 2.16. The van der Waals surface area contributed by atoms with Crippen molar-refractivity contribution >= 4 is 17.6 Å². The average molecular weight is 217 g/mol. The fourth-order valence-corrected chi connectivity index (χ4v) is 1.36. The van der Waals surface area contributed by atoms with E-state index in [9.17, 15) is 9.18 Å². The maximum Gasteiger partial charge on any atom is 0.306 e. The van der Waals surface area contributed by atoms with Gasteiger partial charge in [0.2, 0.25) is 0 Å². The minimum atomic E-state index is -0.954. The number of hydrogen-bond acceptors (Lipinski definition) is 1. The summed E-state index contributed by atoms with van der Waals surface area (Å²) in [7, 11) is 0. The first kappa shape index (κ1) is 11.0. The predicted molar refractivity (Wildman–Crippen MR) is 51.9 cm³/mol. The molecule has 14 heavy (non-hydrogen) atoms. The smallest absolute Gasteiger partial charge is 0.306 e. The van der Waals surface area contributed by atoms with Crippen molar-refractivity contribution in [2.24, 2.45) is 5.92 Å². The van der Waals surface area contributed by atoms with Crippen LogP contribution in [0.5, 0.6) is 0 Å². The summed E-state index contributed by atoms with van der Waals surface area (Å²) >= 11 is 5.75. The molecule has 76 valence electrons. The Morgan fingerprint density at radius 2 is 2.29 bits per heavy atom. The van der Waals surface area contributed by atoms with Crippen molar-refractivity contribution in [2.45, 2.75) is 13.3 Å². The van der Waals surface area contributed by atoms with E-state index in [1.54, 1.807) is 6.07 Å². The molecule has 1 atom stereocenters. The van der Waals surface area contributed by atoms with E-state index < -0.39 is 17.7 Å². The minimum absolute atomic E-state index is 0.112. The summed E-state index contributed by atoms with van der Waals surface area (Å²) in [5.74, 6) is -2.04. The minimum Gasteiger partial charge on any atom is -0.481 e. The van der Waals surface area contributed by atoms with Crippen molar-refractivity contribution in [3.63, 3.8) is 0 Å². The lowest BCUT2D eigenvalue weighted by molar-refractivity contribution is -0.141. The van der Waals surface area contributed by atoms with Crippen LogP contribution in [0, 0.1) is 11.7 Å². The monoisotopic (exact) mass is 216 g/mol. The van der Waals surface area contributed by atoms with Gasteiger partial charge in [0, 0.05) is 10.6 Å². The van der Waals surface area contributed by atoms with Crippen LogP contribution in [-0.2, 0) is 11.2 Å². The number of hydrogen-bond donors (Lipinski definition) is 1. The Bertz CT molecular complexity index is 332. The number of carboxylic acids is 1. The largest absolute Gasteiger partial charge is 0.481 e. The van der Waals surface area contributed by atoms with Crippen molar-refractivity contribution < 1.29 is 14.3 Å². The second-order valence-corrected chi connectivity index (χ2v) is 3.55. The molecule has 0 heterocycles. The zero-order valence-corrected chi connectivity index (χ0v) is 8.38. The van der Waals surface area contributed by atoms with Crippen LogP contribution in [0.4, 0.5) is 4.39 Å². The fraction of sp³-hybridized carbons (Fsp3) is 0.300. The molecule has 2 nitrogen and oxygen atoms in total. The first-order valence-corrected chi connectivity index (χ1v) is 4.56. The molecular weight excluding hydrogens is 207 g/mol. The summed E-state index contributed by atoms with van der Waals surface area (Å²) in [4.78, 5) is 10.6. The maximum absolute atomic E-state index is 13.2. The highest BCUT2D eigenvalue weighted by atomic mass is 35.5. The number of carbonyl (C=O) groups is 1. The van der Waals surface area contributed by atoms with Gasteiger partial charge < -0.3 is 5.11 Å². The summed E-state index contributed by atoms with van der Waals surface area (Å²) in [5, 5.41) is 8.94. The first-order chi connectivity index (χ1) is 6.52. The van der Waals surface area contributed by atoms with Crippen LogP contribution < -0.4 is 0 Å². The molecule has 0 aliphatic rings. The Balaban J connectivity index is 2.91. The van der Waals surface area contributed by atoms with Gasteiger partial charge in [0.25, 0.3) is 0 Å². The van der Waals surface area contributed by atoms with E-state index in [1.165, 1.54) is 19.1 Å². The van der Waals surface area contributed by atoms with Crippen LogP contribution in [0.25, 0.3) is 0 Å². The number of benzene rings is 1. The summed E-state index contributed by atoms with van der Waals surface area (Å²) < 4.78 is 13.2. The first-order valence-electron chi connectivity index (χ1n) is 4.18. The van der Waals surface area contributed by atoms with Gasteiger partial charge in [-0.05, 0) is 18.6 Å². The molecule has 1 rings (SSSR count). The molecule has 1 aromatic rings. The SMILES string of the molecule is C[C@H](Cc1c(F)cccc1Cl)C(=O)O. The van der Waals surface area contributed by atoms with Crippen LogP contribution >= 0.6 is 11.6 Å². The van der Waals surface area contributed by atoms with Gasteiger partial charge in [0.15, 0.2) is 0 Å². The molecular formula is C10H10ClFO2. The lowest BCUT2D eigenvalue weighted by Crippen LogP contribution is -2.13. The van der Waals surface area contributed by atoms with Crippen LogP contribution in [0.2, 0.25) is 5.02 Å². The summed E-state index contributed by atoms with van der Waals surface area (Å²) in [6, 6.07) is 4.32. The normalized spacial score (nSPS) is 12.5. The average Bonchev–Trinajstić information content (AvgIpc) is 2.11. The van der Waals surface area contributed by atoms with Gasteiger partial charge in [0.1, 0.15) is 5.82 Å². The Kier molecular flexibility index (Phi) is 3.47. The molecule has 0 fully saturated rings. The lowest BCUT2D eigenvalue weighted by atomic mass is 10.0. The van der Waals surface area contributed by atoms with E-state index in [2.05, 4.69) is 0 Å². The zero-order chi connectivity index (χ0) is 10.7. The molecule has 0 aliphatic heterocycles. The third-order valence-corrected chi connectivity index (χ3v) is 2.35. The molecule has 0 saturated carbocycles. The van der Waals surface area contributed by atoms with E-state index in [0.29, 0.717) is 0 Å². The number of aliphatic carboxylic acids is 1. The van der Waals surface area contributed by atoms with Crippen molar-refractivity contribution in [1.82, 2.24) is 0 Å². The Morgan fingerprint density at radius 1 is 1.64 bits per heavy atom. The third-order valence-electron chi connectivity index (χ3n) is 1.99. The molecule has 0 bridgehead atoms. The molecule has 1 aromatic carbocycles. The Morgan fingerprint density at radius 3 is 2.79 bits per heavy atom. The van der Waals surface area contributed by atoms with Crippen molar-refractivity contribution in [2.75, 3.05) is 0 Å². The van der Waals surface area contributed by atoms with E-state index in [1.807, 2.05) is 0 Å². The van der Waals surface area contributed by atoms with Crippen LogP contribution in [-0.4, -0.2) is 11.1 Å². The number of halogens is 2. The molecule has 0 spiro atoms. The molecule has 0 unspecified atom stereocenters. The molecule has 0 aromatic heterocycles. The van der Waals surface area contributed by atoms with Gasteiger partial charge in [0.05, 0.1) is 5.92 Å².